The molecule has 150 valence electrons. The Kier molecular flexibility index (Phi) is 5.22. The third-order valence-electron chi connectivity index (χ3n) is 4.85. The maximum Gasteiger partial charge on any atom is 0.300 e. The highest BCUT2D eigenvalue weighted by molar-refractivity contribution is 9.10. The number of carbonyl (C=O) groups is 2. The van der Waals surface area contributed by atoms with Crippen LogP contribution >= 0.6 is 15.9 Å². The molecule has 0 aliphatic carbocycles. The molecule has 1 saturated heterocycles. The summed E-state index contributed by atoms with van der Waals surface area (Å²) in [6.07, 6.45) is 0. The van der Waals surface area contributed by atoms with Gasteiger partial charge in [-0.05, 0) is 36.4 Å². The lowest BCUT2D eigenvalue weighted by Crippen LogP contribution is -2.30. The summed E-state index contributed by atoms with van der Waals surface area (Å²) in [5.74, 6) is -3.67. The van der Waals surface area contributed by atoms with Crippen LogP contribution < -0.4 is 4.90 Å². The molecule has 1 aliphatic rings. The zero-order valence-electron chi connectivity index (χ0n) is 15.4. The van der Waals surface area contributed by atoms with Gasteiger partial charge in [0.15, 0.2) is 0 Å². The van der Waals surface area contributed by atoms with Gasteiger partial charge in [-0.2, -0.15) is 0 Å². The Balaban J connectivity index is 1.98. The molecule has 4 rings (SSSR count). The number of hydrogen-bond donors (Lipinski definition) is 1. The summed E-state index contributed by atoms with van der Waals surface area (Å²) >= 11 is 3.29. The Labute approximate surface area is 179 Å². The fourth-order valence-corrected chi connectivity index (χ4v) is 3.74. The maximum atomic E-state index is 14.7. The smallest absolute Gasteiger partial charge is 0.300 e. The zero-order valence-corrected chi connectivity index (χ0v) is 16.9. The first kappa shape index (κ1) is 20.0. The van der Waals surface area contributed by atoms with Crippen molar-refractivity contribution in [3.05, 3.63) is 106 Å². The maximum absolute atomic E-state index is 14.7. The number of halogens is 3. The molecule has 1 fully saturated rings. The topological polar surface area (TPSA) is 57.6 Å². The molecule has 0 spiro atoms. The Hall–Kier alpha value is -3.32. The molecule has 3 aromatic rings. The van der Waals surface area contributed by atoms with Crippen LogP contribution in [0.2, 0.25) is 0 Å². The van der Waals surface area contributed by atoms with E-state index in [0.717, 1.165) is 15.4 Å². The van der Waals surface area contributed by atoms with Crippen molar-refractivity contribution in [2.45, 2.75) is 6.04 Å². The molecule has 3 aromatic carbocycles. The highest BCUT2D eigenvalue weighted by Gasteiger charge is 2.47. The average molecular weight is 470 g/mol. The largest absolute Gasteiger partial charge is 0.507 e. The highest BCUT2D eigenvalue weighted by Crippen LogP contribution is 2.43. The first-order valence-corrected chi connectivity index (χ1v) is 9.74. The molecule has 1 unspecified atom stereocenters. The molecule has 7 heteroatoms. The van der Waals surface area contributed by atoms with Crippen molar-refractivity contribution < 1.29 is 23.5 Å². The van der Waals surface area contributed by atoms with Crippen LogP contribution in [0.15, 0.2) is 82.8 Å². The van der Waals surface area contributed by atoms with E-state index in [0.29, 0.717) is 0 Å². The summed E-state index contributed by atoms with van der Waals surface area (Å²) in [7, 11) is 0. The van der Waals surface area contributed by atoms with Crippen LogP contribution in [0, 0.1) is 11.6 Å². The number of rotatable bonds is 3. The number of benzene rings is 3. The summed E-state index contributed by atoms with van der Waals surface area (Å²) in [6, 6.07) is 16.0. The minimum Gasteiger partial charge on any atom is -0.507 e. The molecular weight excluding hydrogens is 456 g/mol. The standard InChI is InChI=1S/C23H14BrF2NO3/c24-14-10-8-13(9-11-14)21(28)19-20(17-6-1-2-7-18(17)26)27(23(30)22(19)29)16-5-3-4-15(25)12-16/h1-12,20,28H/b21-19+. The highest BCUT2D eigenvalue weighted by atomic mass is 79.9. The van der Waals surface area contributed by atoms with Crippen molar-refractivity contribution in [2.24, 2.45) is 0 Å². The lowest BCUT2D eigenvalue weighted by molar-refractivity contribution is -0.132. The number of ketones is 1. The molecule has 1 N–H and O–H groups in total. The van der Waals surface area contributed by atoms with Crippen LogP contribution in [0.1, 0.15) is 17.2 Å². The number of carbonyl (C=O) groups excluding carboxylic acids is 2. The van der Waals surface area contributed by atoms with E-state index in [2.05, 4.69) is 15.9 Å². The second-order valence-corrected chi connectivity index (χ2v) is 7.59. The van der Waals surface area contributed by atoms with Crippen molar-refractivity contribution in [3.63, 3.8) is 0 Å². The summed E-state index contributed by atoms with van der Waals surface area (Å²) in [5, 5.41) is 10.9. The summed E-state index contributed by atoms with van der Waals surface area (Å²) < 4.78 is 29.3. The van der Waals surface area contributed by atoms with Gasteiger partial charge < -0.3 is 5.11 Å². The molecule has 30 heavy (non-hydrogen) atoms. The average Bonchev–Trinajstić information content (AvgIpc) is 2.99. The van der Waals surface area contributed by atoms with Gasteiger partial charge in [0.25, 0.3) is 11.7 Å². The van der Waals surface area contributed by atoms with E-state index in [1.54, 1.807) is 30.3 Å². The fourth-order valence-electron chi connectivity index (χ4n) is 3.48. The van der Waals surface area contributed by atoms with Crippen LogP contribution in [0.25, 0.3) is 5.76 Å². The van der Waals surface area contributed by atoms with E-state index >= 15 is 0 Å². The van der Waals surface area contributed by atoms with Gasteiger partial charge in [0.1, 0.15) is 17.4 Å². The molecule has 0 aromatic heterocycles. The van der Waals surface area contributed by atoms with Crippen LogP contribution in [0.4, 0.5) is 14.5 Å². The Bertz CT molecular complexity index is 1190. The number of amides is 1. The minimum atomic E-state index is -1.25. The molecule has 1 atom stereocenters. The van der Waals surface area contributed by atoms with Gasteiger partial charge in [-0.3, -0.25) is 14.5 Å². The van der Waals surface area contributed by atoms with Crippen molar-refractivity contribution in [1.29, 1.82) is 0 Å². The van der Waals surface area contributed by atoms with Crippen LogP contribution in [0.5, 0.6) is 0 Å². The summed E-state index contributed by atoms with van der Waals surface area (Å²) in [5.41, 5.74) is 0.119. The number of aliphatic hydroxyl groups excluding tert-OH is 1. The SMILES string of the molecule is O=C1C(=O)N(c2cccc(F)c2)C(c2ccccc2F)/C1=C(\O)c1ccc(Br)cc1. The monoisotopic (exact) mass is 469 g/mol. The third-order valence-corrected chi connectivity index (χ3v) is 5.38. The van der Waals surface area contributed by atoms with E-state index in [1.165, 1.54) is 36.4 Å². The van der Waals surface area contributed by atoms with E-state index in [9.17, 15) is 23.5 Å². The third kappa shape index (κ3) is 3.41. The first-order chi connectivity index (χ1) is 14.4. The van der Waals surface area contributed by atoms with Gasteiger partial charge >= 0.3 is 0 Å². The van der Waals surface area contributed by atoms with E-state index in [1.807, 2.05) is 0 Å². The van der Waals surface area contributed by atoms with Gasteiger partial charge in [-0.1, -0.05) is 52.3 Å². The number of nitrogens with zero attached hydrogens (tertiary/aromatic N) is 1. The fraction of sp³-hybridized carbons (Fsp3) is 0.0435. The van der Waals surface area contributed by atoms with Crippen molar-refractivity contribution in [2.75, 3.05) is 4.90 Å². The Morgan fingerprint density at radius 3 is 2.30 bits per heavy atom. The number of Topliss-reactive ketones (excluding diaryl/α,β-unsaturated/α-hetero) is 1. The lowest BCUT2D eigenvalue weighted by Gasteiger charge is -2.25. The van der Waals surface area contributed by atoms with Crippen LogP contribution in [0.3, 0.4) is 0 Å². The van der Waals surface area contributed by atoms with Crippen molar-refractivity contribution in [1.82, 2.24) is 0 Å². The normalized spacial score (nSPS) is 18.1. The van der Waals surface area contributed by atoms with Gasteiger partial charge in [0.05, 0.1) is 11.6 Å². The summed E-state index contributed by atoms with van der Waals surface area (Å²) in [4.78, 5) is 26.8. The molecular formula is C23H14BrF2NO3. The van der Waals surface area contributed by atoms with Gasteiger partial charge in [0, 0.05) is 21.3 Å². The van der Waals surface area contributed by atoms with Gasteiger partial charge in [0.2, 0.25) is 0 Å². The quantitative estimate of drug-likeness (QED) is 0.319. The molecule has 0 saturated carbocycles. The Morgan fingerprint density at radius 2 is 1.63 bits per heavy atom. The van der Waals surface area contributed by atoms with Gasteiger partial charge in [-0.25, -0.2) is 8.78 Å². The lowest BCUT2D eigenvalue weighted by atomic mass is 9.94. The van der Waals surface area contributed by atoms with E-state index in [4.69, 9.17) is 0 Å². The van der Waals surface area contributed by atoms with Crippen molar-refractivity contribution in [3.8, 4) is 0 Å². The second-order valence-electron chi connectivity index (χ2n) is 6.68. The molecule has 0 radical (unpaired) electrons. The van der Waals surface area contributed by atoms with E-state index < -0.39 is 35.1 Å². The van der Waals surface area contributed by atoms with Crippen LogP contribution in [-0.2, 0) is 9.59 Å². The summed E-state index contributed by atoms with van der Waals surface area (Å²) in [6.45, 7) is 0. The van der Waals surface area contributed by atoms with Crippen LogP contribution in [-0.4, -0.2) is 16.8 Å². The van der Waals surface area contributed by atoms with Crippen molar-refractivity contribution >= 4 is 39.1 Å². The molecule has 1 amide bonds. The molecule has 1 heterocycles. The minimum absolute atomic E-state index is 0.0135. The zero-order chi connectivity index (χ0) is 21.4. The molecule has 1 aliphatic heterocycles. The first-order valence-electron chi connectivity index (χ1n) is 8.95. The second kappa shape index (κ2) is 7.84. The number of aliphatic hydroxyl groups is 1. The molecule has 0 bridgehead atoms. The number of anilines is 1. The predicted octanol–water partition coefficient (Wildman–Crippen LogP) is 5.35. The number of hydrogen-bond acceptors (Lipinski definition) is 3. The predicted molar refractivity (Wildman–Crippen MR) is 112 cm³/mol. The molecule has 4 nitrogen and oxygen atoms in total. The van der Waals surface area contributed by atoms with Gasteiger partial charge in [-0.15, -0.1) is 0 Å². The van der Waals surface area contributed by atoms with E-state index in [-0.39, 0.29) is 22.4 Å². The Morgan fingerprint density at radius 1 is 0.933 bits per heavy atom.